The fourth-order valence-electron chi connectivity index (χ4n) is 1.08. The van der Waals surface area contributed by atoms with Gasteiger partial charge in [-0.05, 0) is 39.5 Å². The minimum atomic E-state index is 0.534. The monoisotopic (exact) mass is 253 g/mol. The molecular formula is C12H14BrO. The Morgan fingerprint density at radius 1 is 1.50 bits per heavy atom. The van der Waals surface area contributed by atoms with Gasteiger partial charge in [-0.15, -0.1) is 0 Å². The fraction of sp³-hybridized carbons (Fsp3) is 0.250. The number of rotatable bonds is 4. The molecule has 0 aromatic heterocycles. The Hall–Kier alpha value is -0.760. The van der Waals surface area contributed by atoms with Crippen LogP contribution in [0.15, 0.2) is 35.3 Å². The topological polar surface area (TPSA) is 9.23 Å². The normalized spacial score (nSPS) is 10.3. The van der Waals surface area contributed by atoms with Gasteiger partial charge in [-0.3, -0.25) is 0 Å². The van der Waals surface area contributed by atoms with E-state index in [1.54, 1.807) is 6.08 Å². The largest absolute Gasteiger partial charge is 0.488 e. The van der Waals surface area contributed by atoms with Gasteiger partial charge in [-0.2, -0.15) is 0 Å². The van der Waals surface area contributed by atoms with Gasteiger partial charge in [0.25, 0.3) is 0 Å². The standard InChI is InChI=1S/C12H14BrO/c1-4-7-14-12-6-5-10(9(2)3)8-11(12)13/h4-6,8H,1,7H2,2-3H3. The summed E-state index contributed by atoms with van der Waals surface area (Å²) in [5, 5.41) is 0. The summed E-state index contributed by atoms with van der Waals surface area (Å²) in [6, 6.07) is 6.09. The maximum Gasteiger partial charge on any atom is 0.133 e. The highest BCUT2D eigenvalue weighted by Gasteiger charge is 2.04. The molecule has 0 aliphatic carbocycles. The van der Waals surface area contributed by atoms with Crippen LogP contribution in [-0.4, -0.2) is 6.61 Å². The number of benzene rings is 1. The third kappa shape index (κ3) is 2.88. The average molecular weight is 254 g/mol. The molecule has 1 rings (SSSR count). The molecule has 0 amide bonds. The van der Waals surface area contributed by atoms with Crippen molar-refractivity contribution in [2.45, 2.75) is 13.8 Å². The van der Waals surface area contributed by atoms with Gasteiger partial charge in [0.15, 0.2) is 0 Å². The second kappa shape index (κ2) is 5.20. The number of hydrogen-bond donors (Lipinski definition) is 0. The molecule has 0 aliphatic rings. The van der Waals surface area contributed by atoms with Gasteiger partial charge >= 0.3 is 0 Å². The van der Waals surface area contributed by atoms with Crippen LogP contribution >= 0.6 is 15.9 Å². The van der Waals surface area contributed by atoms with Crippen LogP contribution in [0.2, 0.25) is 0 Å². The zero-order valence-corrected chi connectivity index (χ0v) is 10.1. The summed E-state index contributed by atoms with van der Waals surface area (Å²) in [7, 11) is 0. The van der Waals surface area contributed by atoms with E-state index in [0.717, 1.165) is 10.2 Å². The van der Waals surface area contributed by atoms with Gasteiger partial charge in [-0.25, -0.2) is 0 Å². The highest BCUT2D eigenvalue weighted by molar-refractivity contribution is 9.10. The minimum absolute atomic E-state index is 0.534. The number of ether oxygens (including phenoxy) is 1. The van der Waals surface area contributed by atoms with Crippen molar-refractivity contribution in [3.63, 3.8) is 0 Å². The Morgan fingerprint density at radius 2 is 2.21 bits per heavy atom. The third-order valence-corrected chi connectivity index (χ3v) is 2.49. The van der Waals surface area contributed by atoms with Crippen LogP contribution in [0.5, 0.6) is 5.75 Å². The first-order valence-corrected chi connectivity index (χ1v) is 5.28. The summed E-state index contributed by atoms with van der Waals surface area (Å²) in [6.07, 6.45) is 1.73. The number of halogens is 1. The van der Waals surface area contributed by atoms with Crippen LogP contribution in [0.4, 0.5) is 0 Å². The molecule has 0 spiro atoms. The van der Waals surface area contributed by atoms with E-state index in [0.29, 0.717) is 6.61 Å². The maximum absolute atomic E-state index is 5.45. The summed E-state index contributed by atoms with van der Waals surface area (Å²) in [5.74, 6) is 2.15. The Kier molecular flexibility index (Phi) is 4.21. The van der Waals surface area contributed by atoms with Crippen molar-refractivity contribution in [1.82, 2.24) is 0 Å². The molecule has 14 heavy (non-hydrogen) atoms. The van der Waals surface area contributed by atoms with Crippen molar-refractivity contribution >= 4 is 15.9 Å². The Balaban J connectivity index is 2.84. The molecule has 0 bridgehead atoms. The van der Waals surface area contributed by atoms with Crippen molar-refractivity contribution in [2.75, 3.05) is 6.61 Å². The van der Waals surface area contributed by atoms with Gasteiger partial charge in [0, 0.05) is 0 Å². The number of hydrogen-bond acceptors (Lipinski definition) is 1. The highest BCUT2D eigenvalue weighted by Crippen LogP contribution is 2.28. The van der Waals surface area contributed by atoms with Crippen molar-refractivity contribution in [2.24, 2.45) is 0 Å². The van der Waals surface area contributed by atoms with Crippen molar-refractivity contribution in [3.05, 3.63) is 46.8 Å². The quantitative estimate of drug-likeness (QED) is 0.738. The van der Waals surface area contributed by atoms with Gasteiger partial charge in [-0.1, -0.05) is 32.6 Å². The molecule has 2 heteroatoms. The van der Waals surface area contributed by atoms with E-state index in [1.165, 1.54) is 11.5 Å². The summed E-state index contributed by atoms with van der Waals surface area (Å²) < 4.78 is 6.43. The van der Waals surface area contributed by atoms with E-state index in [4.69, 9.17) is 4.74 Å². The van der Waals surface area contributed by atoms with Crippen LogP contribution in [-0.2, 0) is 0 Å². The molecule has 0 N–H and O–H groups in total. The maximum atomic E-state index is 5.45. The van der Waals surface area contributed by atoms with E-state index in [2.05, 4.69) is 48.5 Å². The third-order valence-electron chi connectivity index (χ3n) is 1.87. The van der Waals surface area contributed by atoms with Gasteiger partial charge in [0.1, 0.15) is 12.4 Å². The molecule has 1 aromatic carbocycles. The fourth-order valence-corrected chi connectivity index (χ4v) is 1.57. The lowest BCUT2D eigenvalue weighted by atomic mass is 10.0. The first-order valence-electron chi connectivity index (χ1n) is 4.49. The van der Waals surface area contributed by atoms with Crippen LogP contribution in [0.1, 0.15) is 19.4 Å². The first kappa shape index (κ1) is 11.3. The van der Waals surface area contributed by atoms with E-state index in [1.807, 2.05) is 6.07 Å². The molecule has 1 radical (unpaired) electrons. The van der Waals surface area contributed by atoms with E-state index < -0.39 is 0 Å². The van der Waals surface area contributed by atoms with Crippen LogP contribution < -0.4 is 4.74 Å². The second-order valence-electron chi connectivity index (χ2n) is 3.24. The van der Waals surface area contributed by atoms with Crippen molar-refractivity contribution < 1.29 is 4.74 Å². The SMILES string of the molecule is C=CCOc1ccc([C](C)C)cc1Br. The summed E-state index contributed by atoms with van der Waals surface area (Å²) in [5.41, 5.74) is 1.22. The smallest absolute Gasteiger partial charge is 0.133 e. The molecule has 0 unspecified atom stereocenters. The molecule has 0 heterocycles. The van der Waals surface area contributed by atoms with Crippen molar-refractivity contribution in [1.29, 1.82) is 0 Å². The zero-order valence-electron chi connectivity index (χ0n) is 8.51. The first-order chi connectivity index (χ1) is 6.65. The van der Waals surface area contributed by atoms with Crippen LogP contribution in [0.3, 0.4) is 0 Å². The van der Waals surface area contributed by atoms with E-state index in [-0.39, 0.29) is 0 Å². The van der Waals surface area contributed by atoms with Crippen LogP contribution in [0, 0.1) is 5.92 Å². The summed E-state index contributed by atoms with van der Waals surface area (Å²) in [4.78, 5) is 0. The van der Waals surface area contributed by atoms with E-state index in [9.17, 15) is 0 Å². The second-order valence-corrected chi connectivity index (χ2v) is 4.10. The molecule has 0 fully saturated rings. The van der Waals surface area contributed by atoms with Gasteiger partial charge < -0.3 is 4.74 Å². The predicted molar refractivity (Wildman–Crippen MR) is 63.5 cm³/mol. The molecule has 1 aromatic rings. The van der Waals surface area contributed by atoms with E-state index >= 15 is 0 Å². The van der Waals surface area contributed by atoms with Crippen molar-refractivity contribution in [3.8, 4) is 5.75 Å². The van der Waals surface area contributed by atoms with Crippen LogP contribution in [0.25, 0.3) is 0 Å². The highest BCUT2D eigenvalue weighted by atomic mass is 79.9. The summed E-state index contributed by atoms with van der Waals surface area (Å²) in [6.45, 7) is 8.32. The lowest BCUT2D eigenvalue weighted by Crippen LogP contribution is -1.95. The molecule has 0 atom stereocenters. The zero-order chi connectivity index (χ0) is 10.6. The lowest BCUT2D eigenvalue weighted by Gasteiger charge is -2.09. The van der Waals surface area contributed by atoms with Gasteiger partial charge in [0.05, 0.1) is 4.47 Å². The Bertz CT molecular complexity index is 318. The molecule has 1 nitrogen and oxygen atoms in total. The molecule has 75 valence electrons. The molecule has 0 aliphatic heterocycles. The molecular weight excluding hydrogens is 240 g/mol. The average Bonchev–Trinajstić information content (AvgIpc) is 2.15. The minimum Gasteiger partial charge on any atom is -0.488 e. The Morgan fingerprint density at radius 3 is 2.71 bits per heavy atom. The molecule has 0 saturated heterocycles. The lowest BCUT2D eigenvalue weighted by molar-refractivity contribution is 0.361. The Labute approximate surface area is 93.9 Å². The van der Waals surface area contributed by atoms with Gasteiger partial charge in [0.2, 0.25) is 0 Å². The molecule has 0 saturated carbocycles. The predicted octanol–water partition coefficient (Wildman–Crippen LogP) is 3.98. The summed E-state index contributed by atoms with van der Waals surface area (Å²) >= 11 is 3.47.